The quantitative estimate of drug-likeness (QED) is 0.847. The maximum Gasteiger partial charge on any atom is 0.254 e. The van der Waals surface area contributed by atoms with Gasteiger partial charge in [-0.2, -0.15) is 0 Å². The summed E-state index contributed by atoms with van der Waals surface area (Å²) in [7, 11) is 1.58. The molecule has 0 spiro atoms. The summed E-state index contributed by atoms with van der Waals surface area (Å²) < 4.78 is 11.0. The van der Waals surface area contributed by atoms with Crippen molar-refractivity contribution < 1.29 is 14.3 Å². The first-order valence-corrected chi connectivity index (χ1v) is 7.56. The molecule has 1 saturated carbocycles. The number of hydrogen-bond acceptors (Lipinski definition) is 4. The van der Waals surface area contributed by atoms with Crippen LogP contribution in [0.25, 0.3) is 0 Å². The van der Waals surface area contributed by atoms with Crippen molar-refractivity contribution >= 4 is 11.6 Å². The second kappa shape index (κ2) is 5.93. The molecule has 2 fully saturated rings. The van der Waals surface area contributed by atoms with E-state index in [2.05, 4.69) is 0 Å². The molecule has 0 bridgehead atoms. The summed E-state index contributed by atoms with van der Waals surface area (Å²) in [6.45, 7) is 1.27. The summed E-state index contributed by atoms with van der Waals surface area (Å²) in [6.07, 6.45) is 4.62. The number of hydrogen-bond donors (Lipinski definition) is 1. The molecule has 3 rings (SSSR count). The number of anilines is 1. The molecule has 1 saturated heterocycles. The van der Waals surface area contributed by atoms with E-state index in [0.717, 1.165) is 19.3 Å². The standard InChI is InChI=1S/C16H22N2O3/c1-20-13-9-11(8-12(17)10-13)16(19)18-6-7-21-15-5-3-2-4-14(15)18/h8-10,14-15H,2-7,17H2,1H3. The molecule has 1 aromatic rings. The second-order valence-electron chi connectivity index (χ2n) is 5.75. The Hall–Kier alpha value is -1.75. The molecule has 1 heterocycles. The van der Waals surface area contributed by atoms with Crippen molar-refractivity contribution in [3.63, 3.8) is 0 Å². The molecule has 2 atom stereocenters. The summed E-state index contributed by atoms with van der Waals surface area (Å²) in [5.74, 6) is 0.646. The predicted octanol–water partition coefficient (Wildman–Crippen LogP) is 2.06. The van der Waals surface area contributed by atoms with Gasteiger partial charge in [-0.1, -0.05) is 12.8 Å². The third kappa shape index (κ3) is 2.83. The SMILES string of the molecule is COc1cc(N)cc(C(=O)N2CCOC3CCCCC32)c1. The van der Waals surface area contributed by atoms with E-state index >= 15 is 0 Å². The van der Waals surface area contributed by atoms with Crippen molar-refractivity contribution in [2.45, 2.75) is 37.8 Å². The fourth-order valence-corrected chi connectivity index (χ4v) is 3.38. The van der Waals surface area contributed by atoms with Gasteiger partial charge in [-0.3, -0.25) is 4.79 Å². The molecule has 0 aromatic heterocycles. The summed E-state index contributed by atoms with van der Waals surface area (Å²) in [5.41, 5.74) is 7.00. The first-order valence-electron chi connectivity index (χ1n) is 7.56. The van der Waals surface area contributed by atoms with Gasteiger partial charge in [0.15, 0.2) is 0 Å². The van der Waals surface area contributed by atoms with E-state index in [0.29, 0.717) is 30.2 Å². The van der Waals surface area contributed by atoms with Crippen LogP contribution >= 0.6 is 0 Å². The molecule has 2 N–H and O–H groups in total. The van der Waals surface area contributed by atoms with E-state index < -0.39 is 0 Å². The van der Waals surface area contributed by atoms with E-state index in [9.17, 15) is 4.79 Å². The fourth-order valence-electron chi connectivity index (χ4n) is 3.38. The summed E-state index contributed by atoms with van der Waals surface area (Å²) >= 11 is 0. The van der Waals surface area contributed by atoms with Crippen molar-refractivity contribution in [3.05, 3.63) is 23.8 Å². The highest BCUT2D eigenvalue weighted by Crippen LogP contribution is 2.30. The summed E-state index contributed by atoms with van der Waals surface area (Å²) in [4.78, 5) is 14.8. The van der Waals surface area contributed by atoms with Crippen LogP contribution in [0.5, 0.6) is 5.75 Å². The molecule has 5 nitrogen and oxygen atoms in total. The molecule has 2 unspecified atom stereocenters. The lowest BCUT2D eigenvalue weighted by Gasteiger charge is -2.43. The third-order valence-corrected chi connectivity index (χ3v) is 4.40. The van der Waals surface area contributed by atoms with Gasteiger partial charge in [-0.05, 0) is 25.0 Å². The topological polar surface area (TPSA) is 64.8 Å². The van der Waals surface area contributed by atoms with Crippen LogP contribution in [0.2, 0.25) is 0 Å². The number of fused-ring (bicyclic) bond motifs is 1. The Balaban J connectivity index is 1.85. The number of rotatable bonds is 2. The van der Waals surface area contributed by atoms with E-state index in [1.807, 2.05) is 4.90 Å². The van der Waals surface area contributed by atoms with Crippen molar-refractivity contribution in [1.82, 2.24) is 4.90 Å². The Morgan fingerprint density at radius 3 is 2.95 bits per heavy atom. The molecule has 0 radical (unpaired) electrons. The highest BCUT2D eigenvalue weighted by molar-refractivity contribution is 5.96. The molecular weight excluding hydrogens is 268 g/mol. The number of ether oxygens (including phenoxy) is 2. The normalized spacial score (nSPS) is 25.3. The minimum absolute atomic E-state index is 0.0285. The van der Waals surface area contributed by atoms with Gasteiger partial charge in [0.05, 0.1) is 25.9 Å². The molecule has 114 valence electrons. The average molecular weight is 290 g/mol. The zero-order valence-electron chi connectivity index (χ0n) is 12.4. The van der Waals surface area contributed by atoms with Crippen LogP contribution in [0.4, 0.5) is 5.69 Å². The van der Waals surface area contributed by atoms with Crippen molar-refractivity contribution in [3.8, 4) is 5.75 Å². The van der Waals surface area contributed by atoms with Gasteiger partial charge in [-0.15, -0.1) is 0 Å². The number of nitrogens with two attached hydrogens (primary N) is 1. The maximum absolute atomic E-state index is 12.8. The Morgan fingerprint density at radius 1 is 1.33 bits per heavy atom. The number of morpholine rings is 1. The summed E-state index contributed by atoms with van der Waals surface area (Å²) in [5, 5.41) is 0. The van der Waals surface area contributed by atoms with Crippen molar-refractivity contribution in [2.75, 3.05) is 26.0 Å². The lowest BCUT2D eigenvalue weighted by atomic mass is 9.89. The smallest absolute Gasteiger partial charge is 0.254 e. The van der Waals surface area contributed by atoms with Crippen LogP contribution in [0.3, 0.4) is 0 Å². The number of carbonyl (C=O) groups excluding carboxylic acids is 1. The largest absolute Gasteiger partial charge is 0.497 e. The van der Waals surface area contributed by atoms with Crippen LogP contribution in [0.15, 0.2) is 18.2 Å². The highest BCUT2D eigenvalue weighted by atomic mass is 16.5. The summed E-state index contributed by atoms with van der Waals surface area (Å²) in [6, 6.07) is 5.40. The highest BCUT2D eigenvalue weighted by Gasteiger charge is 2.37. The zero-order valence-corrected chi connectivity index (χ0v) is 12.4. The molecule has 2 aliphatic rings. The van der Waals surface area contributed by atoms with Crippen molar-refractivity contribution in [1.29, 1.82) is 0 Å². The van der Waals surface area contributed by atoms with Gasteiger partial charge < -0.3 is 20.1 Å². The molecule has 21 heavy (non-hydrogen) atoms. The average Bonchev–Trinajstić information content (AvgIpc) is 2.53. The van der Waals surface area contributed by atoms with Gasteiger partial charge in [0.25, 0.3) is 5.91 Å². The monoisotopic (exact) mass is 290 g/mol. The molecule has 1 aliphatic heterocycles. The van der Waals surface area contributed by atoms with E-state index in [-0.39, 0.29) is 18.1 Å². The Labute approximate surface area is 125 Å². The lowest BCUT2D eigenvalue weighted by Crippen LogP contribution is -2.54. The molecular formula is C16H22N2O3. The number of benzene rings is 1. The Kier molecular flexibility index (Phi) is 4.01. The Bertz CT molecular complexity index is 530. The molecule has 1 aliphatic carbocycles. The number of nitrogens with zero attached hydrogens (tertiary/aromatic N) is 1. The predicted molar refractivity (Wildman–Crippen MR) is 80.4 cm³/mol. The van der Waals surface area contributed by atoms with Gasteiger partial charge in [0, 0.05) is 23.9 Å². The van der Waals surface area contributed by atoms with Crippen LogP contribution in [-0.4, -0.2) is 43.2 Å². The van der Waals surface area contributed by atoms with Crippen LogP contribution in [0.1, 0.15) is 36.0 Å². The third-order valence-electron chi connectivity index (χ3n) is 4.40. The van der Waals surface area contributed by atoms with E-state index in [4.69, 9.17) is 15.2 Å². The van der Waals surface area contributed by atoms with Gasteiger partial charge in [0.1, 0.15) is 5.75 Å². The number of carbonyl (C=O) groups is 1. The first-order chi connectivity index (χ1) is 10.2. The van der Waals surface area contributed by atoms with Gasteiger partial charge >= 0.3 is 0 Å². The zero-order chi connectivity index (χ0) is 14.8. The number of methoxy groups -OCH3 is 1. The molecule has 1 amide bonds. The maximum atomic E-state index is 12.8. The number of nitrogen functional groups attached to an aromatic ring is 1. The van der Waals surface area contributed by atoms with Gasteiger partial charge in [0.2, 0.25) is 0 Å². The fraction of sp³-hybridized carbons (Fsp3) is 0.562. The van der Waals surface area contributed by atoms with Crippen molar-refractivity contribution in [2.24, 2.45) is 0 Å². The molecule has 5 heteroatoms. The minimum Gasteiger partial charge on any atom is -0.497 e. The molecule has 1 aromatic carbocycles. The van der Waals surface area contributed by atoms with E-state index in [1.54, 1.807) is 25.3 Å². The minimum atomic E-state index is 0.0285. The van der Waals surface area contributed by atoms with E-state index in [1.165, 1.54) is 6.42 Å². The second-order valence-corrected chi connectivity index (χ2v) is 5.75. The Morgan fingerprint density at radius 2 is 2.14 bits per heavy atom. The number of amides is 1. The van der Waals surface area contributed by atoms with Crippen LogP contribution in [0, 0.1) is 0 Å². The van der Waals surface area contributed by atoms with Crippen LogP contribution in [-0.2, 0) is 4.74 Å². The van der Waals surface area contributed by atoms with Gasteiger partial charge in [-0.25, -0.2) is 0 Å². The lowest BCUT2D eigenvalue weighted by molar-refractivity contribution is -0.0752. The van der Waals surface area contributed by atoms with Crippen LogP contribution < -0.4 is 10.5 Å². The first kappa shape index (κ1) is 14.2.